The second-order valence-electron chi connectivity index (χ2n) is 7.58. The van der Waals surface area contributed by atoms with E-state index in [0.29, 0.717) is 5.92 Å². The van der Waals surface area contributed by atoms with Crippen molar-refractivity contribution in [3.63, 3.8) is 0 Å². The molecule has 0 radical (unpaired) electrons. The first-order valence-corrected chi connectivity index (χ1v) is 9.61. The molecule has 0 bridgehead atoms. The summed E-state index contributed by atoms with van der Waals surface area (Å²) in [6.45, 7) is 2.36. The topological polar surface area (TPSA) is 20.7 Å². The van der Waals surface area contributed by atoms with E-state index in [1.807, 2.05) is 0 Å². The fraction of sp³-hybridized carbons (Fsp3) is 0.120. The van der Waals surface area contributed by atoms with Crippen molar-refractivity contribution < 1.29 is 0 Å². The number of aromatic amines is 1. The Labute approximate surface area is 158 Å². The van der Waals surface area contributed by atoms with Gasteiger partial charge in [-0.1, -0.05) is 61.5 Å². The van der Waals surface area contributed by atoms with Crippen molar-refractivity contribution in [1.29, 1.82) is 0 Å². The van der Waals surface area contributed by atoms with Gasteiger partial charge < -0.3 is 9.55 Å². The highest BCUT2D eigenvalue weighted by molar-refractivity contribution is 5.99. The van der Waals surface area contributed by atoms with Crippen LogP contribution in [0.2, 0.25) is 0 Å². The van der Waals surface area contributed by atoms with E-state index in [1.54, 1.807) is 0 Å². The van der Waals surface area contributed by atoms with Gasteiger partial charge in [0.15, 0.2) is 0 Å². The van der Waals surface area contributed by atoms with Gasteiger partial charge in [0.05, 0.1) is 16.9 Å². The van der Waals surface area contributed by atoms with E-state index in [-0.39, 0.29) is 0 Å². The van der Waals surface area contributed by atoms with Crippen molar-refractivity contribution in [2.75, 3.05) is 0 Å². The monoisotopic (exact) mass is 348 g/mol. The van der Waals surface area contributed by atoms with Crippen LogP contribution in [-0.2, 0) is 6.42 Å². The summed E-state index contributed by atoms with van der Waals surface area (Å²) in [4.78, 5) is 3.75. The number of hydrogen-bond donors (Lipinski definition) is 1. The average Bonchev–Trinajstić information content (AvgIpc) is 3.25. The molecule has 0 aliphatic heterocycles. The minimum atomic E-state index is 0.499. The molecule has 2 heteroatoms. The molecule has 1 N–H and O–H groups in total. The maximum absolute atomic E-state index is 3.75. The number of para-hydroxylation sites is 3. The maximum atomic E-state index is 3.75. The number of H-pyrrole nitrogens is 1. The standard InChI is InChI=1S/C25H20N2/c1-16-15-20-18-11-6-8-14-22(18)27(17-9-3-2-4-10-17)25(20)24-23(16)19-12-5-7-13-21(19)26-24/h2-14,16,26H,15H2,1H3. The van der Waals surface area contributed by atoms with Crippen LogP contribution in [0.25, 0.3) is 38.9 Å². The molecule has 5 aromatic rings. The Morgan fingerprint density at radius 2 is 1.52 bits per heavy atom. The molecule has 0 saturated carbocycles. The first kappa shape index (κ1) is 14.9. The largest absolute Gasteiger partial charge is 0.353 e. The fourth-order valence-corrected chi connectivity index (χ4v) is 4.89. The predicted molar refractivity (Wildman–Crippen MR) is 113 cm³/mol. The lowest BCUT2D eigenvalue weighted by molar-refractivity contribution is 0.755. The van der Waals surface area contributed by atoms with E-state index in [4.69, 9.17) is 0 Å². The van der Waals surface area contributed by atoms with Gasteiger partial charge in [-0.15, -0.1) is 0 Å². The molecule has 0 spiro atoms. The minimum absolute atomic E-state index is 0.499. The Morgan fingerprint density at radius 1 is 0.815 bits per heavy atom. The van der Waals surface area contributed by atoms with E-state index in [1.165, 1.54) is 50.0 Å². The van der Waals surface area contributed by atoms with Gasteiger partial charge in [0.25, 0.3) is 0 Å². The molecule has 27 heavy (non-hydrogen) atoms. The molecule has 1 unspecified atom stereocenters. The third kappa shape index (κ3) is 1.95. The normalized spacial score (nSPS) is 15.8. The van der Waals surface area contributed by atoms with Crippen molar-refractivity contribution in [2.45, 2.75) is 19.3 Å². The van der Waals surface area contributed by atoms with Crippen molar-refractivity contribution >= 4 is 21.8 Å². The Bertz CT molecular complexity index is 1300. The van der Waals surface area contributed by atoms with Gasteiger partial charge >= 0.3 is 0 Å². The molecule has 0 fully saturated rings. The van der Waals surface area contributed by atoms with E-state index < -0.39 is 0 Å². The van der Waals surface area contributed by atoms with Crippen molar-refractivity contribution in [1.82, 2.24) is 9.55 Å². The quantitative estimate of drug-likeness (QED) is 0.360. The summed E-state index contributed by atoms with van der Waals surface area (Å²) in [6, 6.07) is 28.2. The maximum Gasteiger partial charge on any atom is 0.0739 e. The average molecular weight is 348 g/mol. The summed E-state index contributed by atoms with van der Waals surface area (Å²) >= 11 is 0. The molecule has 1 aliphatic rings. The number of nitrogens with zero attached hydrogens (tertiary/aromatic N) is 1. The smallest absolute Gasteiger partial charge is 0.0739 e. The molecule has 6 rings (SSSR count). The van der Waals surface area contributed by atoms with Crippen LogP contribution in [0.15, 0.2) is 78.9 Å². The Balaban J connectivity index is 1.80. The van der Waals surface area contributed by atoms with Crippen molar-refractivity contribution in [3.05, 3.63) is 90.0 Å². The highest BCUT2D eigenvalue weighted by Gasteiger charge is 2.31. The number of aromatic nitrogens is 2. The molecule has 2 aromatic heterocycles. The van der Waals surface area contributed by atoms with E-state index >= 15 is 0 Å². The van der Waals surface area contributed by atoms with Gasteiger partial charge in [-0.3, -0.25) is 0 Å². The predicted octanol–water partition coefficient (Wildman–Crippen LogP) is 6.44. The molecule has 1 aliphatic carbocycles. The van der Waals surface area contributed by atoms with E-state index in [2.05, 4.69) is 95.3 Å². The van der Waals surface area contributed by atoms with Crippen LogP contribution >= 0.6 is 0 Å². The Hall–Kier alpha value is -3.26. The zero-order chi connectivity index (χ0) is 18.0. The van der Waals surface area contributed by atoms with Gasteiger partial charge in [0, 0.05) is 22.0 Å². The van der Waals surface area contributed by atoms with Crippen LogP contribution in [-0.4, -0.2) is 9.55 Å². The third-order valence-corrected chi connectivity index (χ3v) is 5.98. The minimum Gasteiger partial charge on any atom is -0.353 e. The molecule has 130 valence electrons. The second kappa shape index (κ2) is 5.37. The summed E-state index contributed by atoms with van der Waals surface area (Å²) in [5.74, 6) is 0.499. The molecule has 3 aromatic carbocycles. The lowest BCUT2D eigenvalue weighted by Gasteiger charge is -2.22. The summed E-state index contributed by atoms with van der Waals surface area (Å²) in [5, 5.41) is 2.73. The van der Waals surface area contributed by atoms with Crippen molar-refractivity contribution in [2.24, 2.45) is 0 Å². The molecular weight excluding hydrogens is 328 g/mol. The van der Waals surface area contributed by atoms with Gasteiger partial charge in [0.1, 0.15) is 0 Å². The highest BCUT2D eigenvalue weighted by atomic mass is 15.0. The van der Waals surface area contributed by atoms with Gasteiger partial charge in [0.2, 0.25) is 0 Å². The first-order valence-electron chi connectivity index (χ1n) is 9.61. The van der Waals surface area contributed by atoms with Gasteiger partial charge in [-0.25, -0.2) is 0 Å². The Kier molecular flexibility index (Phi) is 2.96. The second-order valence-corrected chi connectivity index (χ2v) is 7.58. The zero-order valence-electron chi connectivity index (χ0n) is 15.2. The lowest BCUT2D eigenvalue weighted by atomic mass is 9.84. The summed E-state index contributed by atoms with van der Waals surface area (Å²) in [6.07, 6.45) is 1.07. The van der Waals surface area contributed by atoms with Crippen molar-refractivity contribution in [3.8, 4) is 17.1 Å². The molecule has 2 nitrogen and oxygen atoms in total. The van der Waals surface area contributed by atoms with Crippen LogP contribution in [0.1, 0.15) is 24.0 Å². The number of fused-ring (bicyclic) bond motifs is 7. The van der Waals surface area contributed by atoms with Crippen LogP contribution in [0.4, 0.5) is 0 Å². The fourth-order valence-electron chi connectivity index (χ4n) is 4.89. The van der Waals surface area contributed by atoms with Crippen LogP contribution in [0.5, 0.6) is 0 Å². The lowest BCUT2D eigenvalue weighted by Crippen LogP contribution is -2.09. The van der Waals surface area contributed by atoms with Crippen LogP contribution in [0, 0.1) is 0 Å². The number of rotatable bonds is 1. The molecule has 0 saturated heterocycles. The van der Waals surface area contributed by atoms with Crippen LogP contribution in [0.3, 0.4) is 0 Å². The first-order chi connectivity index (χ1) is 13.3. The van der Waals surface area contributed by atoms with E-state index in [0.717, 1.165) is 6.42 Å². The summed E-state index contributed by atoms with van der Waals surface area (Å²) in [7, 11) is 0. The van der Waals surface area contributed by atoms with Crippen LogP contribution < -0.4 is 0 Å². The summed E-state index contributed by atoms with van der Waals surface area (Å²) in [5.41, 5.74) is 9.25. The SMILES string of the molecule is CC1Cc2c(n(-c3ccccc3)c3ccccc23)-c2[nH]c3ccccc3c21. The highest BCUT2D eigenvalue weighted by Crippen LogP contribution is 2.47. The van der Waals surface area contributed by atoms with Gasteiger partial charge in [-0.05, 0) is 47.7 Å². The molecule has 0 amide bonds. The molecular formula is C25H20N2. The molecule has 1 atom stereocenters. The summed E-state index contributed by atoms with van der Waals surface area (Å²) < 4.78 is 2.44. The van der Waals surface area contributed by atoms with Gasteiger partial charge in [-0.2, -0.15) is 0 Å². The zero-order valence-corrected chi connectivity index (χ0v) is 15.2. The number of nitrogens with one attached hydrogen (secondary N) is 1. The van der Waals surface area contributed by atoms with E-state index in [9.17, 15) is 0 Å². The third-order valence-electron chi connectivity index (χ3n) is 5.98. The number of hydrogen-bond acceptors (Lipinski definition) is 0. The number of benzene rings is 3. The Morgan fingerprint density at radius 3 is 2.37 bits per heavy atom. The molecule has 2 heterocycles.